The number of hydrogen-bond acceptors (Lipinski definition) is 3. The van der Waals surface area contributed by atoms with Gasteiger partial charge in [0.15, 0.2) is 5.78 Å². The first-order valence-corrected chi connectivity index (χ1v) is 11.9. The normalized spacial score (nSPS) is 37.0. The Morgan fingerprint density at radius 1 is 1.21 bits per heavy atom. The van der Waals surface area contributed by atoms with Crippen molar-refractivity contribution in [3.8, 4) is 0 Å². The maximum absolute atomic E-state index is 12.2. The van der Waals surface area contributed by atoms with E-state index < -0.39 is 5.60 Å². The van der Waals surface area contributed by atoms with Crippen LogP contribution >= 0.6 is 0 Å². The fraction of sp³-hybridized carbons (Fsp3) is 0.808. The number of hydrogen-bond donors (Lipinski definition) is 2. The van der Waals surface area contributed by atoms with Crippen molar-refractivity contribution < 1.29 is 15.0 Å². The van der Waals surface area contributed by atoms with Gasteiger partial charge in [0, 0.05) is 6.42 Å². The zero-order chi connectivity index (χ0) is 21.2. The average molecular weight is 403 g/mol. The molecule has 0 aromatic carbocycles. The number of carbonyl (C=O) groups excluding carboxylic acids is 1. The van der Waals surface area contributed by atoms with Crippen molar-refractivity contribution >= 4 is 5.78 Å². The Balaban J connectivity index is 1.67. The van der Waals surface area contributed by atoms with Crippen molar-refractivity contribution in [3.63, 3.8) is 0 Å². The topological polar surface area (TPSA) is 57.5 Å². The van der Waals surface area contributed by atoms with Gasteiger partial charge in [-0.05, 0) is 101 Å². The summed E-state index contributed by atoms with van der Waals surface area (Å²) >= 11 is 0. The molecule has 3 aliphatic rings. The first-order valence-electron chi connectivity index (χ1n) is 11.9. The number of fused-ring (bicyclic) bond motifs is 1. The molecule has 0 aromatic rings. The van der Waals surface area contributed by atoms with Gasteiger partial charge in [-0.3, -0.25) is 4.79 Å². The van der Waals surface area contributed by atoms with Gasteiger partial charge < -0.3 is 10.2 Å². The Kier molecular flexibility index (Phi) is 7.10. The summed E-state index contributed by atoms with van der Waals surface area (Å²) in [6.45, 7) is 8.02. The van der Waals surface area contributed by atoms with Gasteiger partial charge >= 0.3 is 0 Å². The Bertz CT molecular complexity index is 653. The van der Waals surface area contributed by atoms with Crippen molar-refractivity contribution in [2.45, 2.75) is 110 Å². The first-order chi connectivity index (χ1) is 13.6. The minimum absolute atomic E-state index is 0.0328. The Morgan fingerprint density at radius 3 is 2.66 bits per heavy atom. The summed E-state index contributed by atoms with van der Waals surface area (Å²) in [4.78, 5) is 12.2. The van der Waals surface area contributed by atoms with E-state index in [1.807, 2.05) is 0 Å². The van der Waals surface area contributed by atoms with Gasteiger partial charge in [0.2, 0.25) is 0 Å². The zero-order valence-corrected chi connectivity index (χ0v) is 19.0. The summed E-state index contributed by atoms with van der Waals surface area (Å²) in [6.07, 6.45) is 16.3. The molecule has 3 heteroatoms. The van der Waals surface area contributed by atoms with Crippen LogP contribution in [0.2, 0.25) is 0 Å². The molecule has 2 N–H and O–H groups in total. The molecule has 2 unspecified atom stereocenters. The van der Waals surface area contributed by atoms with Crippen LogP contribution in [0.25, 0.3) is 0 Å². The molecule has 0 bridgehead atoms. The lowest BCUT2D eigenvalue weighted by Gasteiger charge is -2.44. The van der Waals surface area contributed by atoms with Crippen LogP contribution in [0, 0.1) is 23.2 Å². The molecular weight excluding hydrogens is 360 g/mol. The van der Waals surface area contributed by atoms with E-state index >= 15 is 0 Å². The average Bonchev–Trinajstić information content (AvgIpc) is 3.01. The highest BCUT2D eigenvalue weighted by molar-refractivity contribution is 5.86. The van der Waals surface area contributed by atoms with Crippen LogP contribution in [0.5, 0.6) is 0 Å². The standard InChI is InChI=1S/C26H42O3/c1-18(10-15-24(28)25(2,3)29)22-13-14-23-20(8-6-16-26(22,23)4)12-11-19-7-5-9-21(27)17-19/h11-12,18,21-23,27,29H,5-10,13-17H2,1-4H3/b19-11-,20-12+/t18-,21-,22?,23?,26+/m0/s1. The van der Waals surface area contributed by atoms with Gasteiger partial charge in [0.1, 0.15) is 5.60 Å². The first kappa shape index (κ1) is 22.7. The molecule has 0 saturated heterocycles. The second-order valence-electron chi connectivity index (χ2n) is 10.9. The molecule has 5 atom stereocenters. The quantitative estimate of drug-likeness (QED) is 0.595. The third kappa shape index (κ3) is 5.22. The van der Waals surface area contributed by atoms with Crippen molar-refractivity contribution in [2.75, 3.05) is 0 Å². The number of Topliss-reactive ketones (excluding diaryl/α,β-unsaturated/α-hetero) is 1. The fourth-order valence-corrected chi connectivity index (χ4v) is 6.53. The Labute approximate surface area is 177 Å². The van der Waals surface area contributed by atoms with Crippen LogP contribution in [-0.2, 0) is 4.79 Å². The van der Waals surface area contributed by atoms with E-state index in [-0.39, 0.29) is 11.9 Å². The molecule has 3 rings (SSSR count). The fourth-order valence-electron chi connectivity index (χ4n) is 6.53. The molecule has 3 fully saturated rings. The van der Waals surface area contributed by atoms with E-state index in [2.05, 4.69) is 26.0 Å². The highest BCUT2D eigenvalue weighted by atomic mass is 16.3. The van der Waals surface area contributed by atoms with Crippen LogP contribution < -0.4 is 0 Å². The van der Waals surface area contributed by atoms with Crippen LogP contribution in [-0.4, -0.2) is 27.7 Å². The van der Waals surface area contributed by atoms with Gasteiger partial charge in [-0.25, -0.2) is 0 Å². The van der Waals surface area contributed by atoms with Gasteiger partial charge in [-0.1, -0.05) is 37.1 Å². The largest absolute Gasteiger partial charge is 0.393 e. The lowest BCUT2D eigenvalue weighted by Crippen LogP contribution is -2.36. The summed E-state index contributed by atoms with van der Waals surface area (Å²) in [6, 6.07) is 0. The highest BCUT2D eigenvalue weighted by Gasteiger charge is 2.50. The summed E-state index contributed by atoms with van der Waals surface area (Å²) in [7, 11) is 0. The van der Waals surface area contributed by atoms with Crippen molar-refractivity contribution in [3.05, 3.63) is 23.3 Å². The maximum Gasteiger partial charge on any atom is 0.163 e. The summed E-state index contributed by atoms with van der Waals surface area (Å²) in [5.74, 6) is 1.81. The number of allylic oxidation sites excluding steroid dienone is 3. The minimum atomic E-state index is -1.21. The molecule has 0 aromatic heterocycles. The molecule has 3 aliphatic carbocycles. The molecule has 3 nitrogen and oxygen atoms in total. The van der Waals surface area contributed by atoms with E-state index in [1.165, 1.54) is 37.7 Å². The maximum atomic E-state index is 12.2. The van der Waals surface area contributed by atoms with E-state index in [0.29, 0.717) is 29.6 Å². The molecular formula is C26H42O3. The van der Waals surface area contributed by atoms with E-state index in [1.54, 1.807) is 19.4 Å². The van der Waals surface area contributed by atoms with Crippen molar-refractivity contribution in [1.29, 1.82) is 0 Å². The van der Waals surface area contributed by atoms with E-state index in [4.69, 9.17) is 0 Å². The van der Waals surface area contributed by atoms with Crippen molar-refractivity contribution in [1.82, 2.24) is 0 Å². The molecule has 0 radical (unpaired) electrons. The number of aliphatic hydroxyl groups excluding tert-OH is 1. The third-order valence-corrected chi connectivity index (χ3v) is 8.30. The zero-order valence-electron chi connectivity index (χ0n) is 19.0. The molecule has 0 heterocycles. The predicted molar refractivity (Wildman–Crippen MR) is 119 cm³/mol. The van der Waals surface area contributed by atoms with Crippen molar-refractivity contribution in [2.24, 2.45) is 23.2 Å². The van der Waals surface area contributed by atoms with E-state index in [0.717, 1.165) is 32.1 Å². The predicted octanol–water partition coefficient (Wildman–Crippen LogP) is 5.75. The SMILES string of the molecule is C[C@@H](CCC(=O)C(C)(C)O)C1CCC2/C(=C/C=C3/CCC[C@H](O)C3)CCC[C@@]21C. The smallest absolute Gasteiger partial charge is 0.163 e. The Hall–Kier alpha value is -0.930. The summed E-state index contributed by atoms with van der Waals surface area (Å²) < 4.78 is 0. The van der Waals surface area contributed by atoms with Crippen LogP contribution in [0.3, 0.4) is 0 Å². The molecule has 0 spiro atoms. The van der Waals surface area contributed by atoms with Gasteiger partial charge in [-0.2, -0.15) is 0 Å². The van der Waals surface area contributed by atoms with Gasteiger partial charge in [0.05, 0.1) is 6.10 Å². The molecule has 3 saturated carbocycles. The second kappa shape index (κ2) is 9.06. The number of aliphatic hydroxyl groups is 2. The van der Waals surface area contributed by atoms with Crippen LogP contribution in [0.1, 0.15) is 98.3 Å². The number of rotatable bonds is 6. The van der Waals surface area contributed by atoms with Crippen LogP contribution in [0.15, 0.2) is 23.3 Å². The van der Waals surface area contributed by atoms with E-state index in [9.17, 15) is 15.0 Å². The molecule has 0 aliphatic heterocycles. The summed E-state index contributed by atoms with van der Waals surface area (Å²) in [5, 5.41) is 19.9. The monoisotopic (exact) mass is 402 g/mol. The molecule has 164 valence electrons. The second-order valence-corrected chi connectivity index (χ2v) is 10.9. The molecule has 29 heavy (non-hydrogen) atoms. The lowest BCUT2D eigenvalue weighted by molar-refractivity contribution is -0.134. The Morgan fingerprint density at radius 2 is 1.97 bits per heavy atom. The lowest BCUT2D eigenvalue weighted by atomic mass is 9.60. The van der Waals surface area contributed by atoms with Crippen LogP contribution in [0.4, 0.5) is 0 Å². The molecule has 0 amide bonds. The summed E-state index contributed by atoms with van der Waals surface area (Å²) in [5.41, 5.74) is 2.17. The van der Waals surface area contributed by atoms with Gasteiger partial charge in [0.25, 0.3) is 0 Å². The third-order valence-electron chi connectivity index (χ3n) is 8.30. The minimum Gasteiger partial charge on any atom is -0.393 e. The van der Waals surface area contributed by atoms with Gasteiger partial charge in [-0.15, -0.1) is 0 Å². The number of carbonyl (C=O) groups is 1. The highest BCUT2D eigenvalue weighted by Crippen LogP contribution is 2.59. The number of ketones is 1.